The predicted molar refractivity (Wildman–Crippen MR) is 116 cm³/mol. The average Bonchev–Trinajstić information content (AvgIpc) is 3.31. The molecule has 7 heteroatoms. The van der Waals surface area contributed by atoms with Gasteiger partial charge in [0.15, 0.2) is 5.82 Å². The maximum atomic E-state index is 12.2. The molecule has 0 aliphatic carbocycles. The van der Waals surface area contributed by atoms with Crippen LogP contribution in [0.4, 0.5) is 5.82 Å². The van der Waals surface area contributed by atoms with E-state index in [4.69, 9.17) is 0 Å². The summed E-state index contributed by atoms with van der Waals surface area (Å²) in [5.74, 6) is 1.21. The van der Waals surface area contributed by atoms with Gasteiger partial charge in [-0.15, -0.1) is 11.3 Å². The molecule has 0 atom stereocenters. The first-order valence-corrected chi connectivity index (χ1v) is 10.4. The molecule has 4 aromatic rings. The first-order valence-electron chi connectivity index (χ1n) is 9.50. The zero-order valence-electron chi connectivity index (χ0n) is 15.8. The fourth-order valence-corrected chi connectivity index (χ4v) is 3.59. The molecule has 0 saturated heterocycles. The van der Waals surface area contributed by atoms with Gasteiger partial charge in [-0.1, -0.05) is 42.5 Å². The number of carbonyl (C=O) groups is 1. The number of carbonyl (C=O) groups excluding carboxylic acids is 1. The Kier molecular flexibility index (Phi) is 6.07. The van der Waals surface area contributed by atoms with Gasteiger partial charge in [-0.2, -0.15) is 0 Å². The Labute approximate surface area is 173 Å². The number of amides is 1. The zero-order chi connectivity index (χ0) is 19.9. The Morgan fingerprint density at radius 3 is 2.66 bits per heavy atom. The first-order chi connectivity index (χ1) is 14.3. The maximum absolute atomic E-state index is 12.2. The standard InChI is InChI=1S/C22H21N5OS/c28-22(19-13-23-15-29-19)25-14-20-26-18-11-5-4-10-17(18)21(27-20)24-12-6-9-16-7-2-1-3-8-16/h1-5,7-8,10-11,13,15H,6,9,12,14H2,(H,25,28)(H,24,26,27). The molecule has 0 unspecified atom stereocenters. The fourth-order valence-electron chi connectivity index (χ4n) is 3.06. The summed E-state index contributed by atoms with van der Waals surface area (Å²) in [6.45, 7) is 1.07. The monoisotopic (exact) mass is 403 g/mol. The van der Waals surface area contributed by atoms with Gasteiger partial charge in [-0.25, -0.2) is 9.97 Å². The molecule has 2 heterocycles. The highest BCUT2D eigenvalue weighted by Gasteiger charge is 2.10. The summed E-state index contributed by atoms with van der Waals surface area (Å²) in [5.41, 5.74) is 3.82. The number of nitrogens with one attached hydrogen (secondary N) is 2. The van der Waals surface area contributed by atoms with Gasteiger partial charge in [0.25, 0.3) is 5.91 Å². The molecule has 2 aromatic carbocycles. The van der Waals surface area contributed by atoms with Crippen LogP contribution in [-0.2, 0) is 13.0 Å². The van der Waals surface area contributed by atoms with Crippen molar-refractivity contribution in [3.8, 4) is 0 Å². The van der Waals surface area contributed by atoms with Crippen molar-refractivity contribution in [2.45, 2.75) is 19.4 Å². The third-order valence-corrected chi connectivity index (χ3v) is 5.26. The van der Waals surface area contributed by atoms with Crippen molar-refractivity contribution < 1.29 is 4.79 Å². The minimum absolute atomic E-state index is 0.165. The lowest BCUT2D eigenvalue weighted by atomic mass is 10.1. The average molecular weight is 404 g/mol. The van der Waals surface area contributed by atoms with Crippen LogP contribution in [0.3, 0.4) is 0 Å². The van der Waals surface area contributed by atoms with E-state index in [0.29, 0.717) is 10.7 Å². The lowest BCUT2D eigenvalue weighted by Gasteiger charge is -2.11. The maximum Gasteiger partial charge on any atom is 0.263 e. The number of hydrogen-bond donors (Lipinski definition) is 2. The Morgan fingerprint density at radius 1 is 1.00 bits per heavy atom. The lowest BCUT2D eigenvalue weighted by molar-refractivity contribution is 0.0953. The number of nitrogens with zero attached hydrogens (tertiary/aromatic N) is 3. The number of anilines is 1. The molecule has 0 aliphatic rings. The number of para-hydroxylation sites is 1. The molecule has 0 aliphatic heterocycles. The molecule has 2 N–H and O–H groups in total. The summed E-state index contributed by atoms with van der Waals surface area (Å²) < 4.78 is 0. The number of benzene rings is 2. The van der Waals surface area contributed by atoms with Gasteiger partial charge in [0.2, 0.25) is 0 Å². The molecule has 0 fully saturated rings. The van der Waals surface area contributed by atoms with Gasteiger partial charge >= 0.3 is 0 Å². The molecular formula is C22H21N5OS. The first kappa shape index (κ1) is 19.0. The van der Waals surface area contributed by atoms with Crippen molar-refractivity contribution in [2.75, 3.05) is 11.9 Å². The molecule has 146 valence electrons. The quantitative estimate of drug-likeness (QED) is 0.434. The molecule has 2 aromatic heterocycles. The molecular weight excluding hydrogens is 382 g/mol. The normalized spacial score (nSPS) is 10.8. The highest BCUT2D eigenvalue weighted by atomic mass is 32.1. The van der Waals surface area contributed by atoms with Crippen molar-refractivity contribution in [3.63, 3.8) is 0 Å². The lowest BCUT2D eigenvalue weighted by Crippen LogP contribution is -2.23. The molecule has 0 saturated carbocycles. The topological polar surface area (TPSA) is 79.8 Å². The van der Waals surface area contributed by atoms with E-state index < -0.39 is 0 Å². The fraction of sp³-hybridized carbons (Fsp3) is 0.182. The molecule has 0 radical (unpaired) electrons. The van der Waals surface area contributed by atoms with Gasteiger partial charge in [-0.05, 0) is 30.5 Å². The number of aryl methyl sites for hydroxylation is 1. The van der Waals surface area contributed by atoms with Crippen LogP contribution < -0.4 is 10.6 Å². The van der Waals surface area contributed by atoms with Gasteiger partial charge in [-0.3, -0.25) is 9.78 Å². The molecule has 4 rings (SSSR count). The van der Waals surface area contributed by atoms with Gasteiger partial charge in [0, 0.05) is 11.9 Å². The number of hydrogen-bond acceptors (Lipinski definition) is 6. The molecule has 0 bridgehead atoms. The molecule has 29 heavy (non-hydrogen) atoms. The summed E-state index contributed by atoms with van der Waals surface area (Å²) in [7, 11) is 0. The third kappa shape index (κ3) is 4.94. The smallest absolute Gasteiger partial charge is 0.263 e. The minimum Gasteiger partial charge on any atom is -0.369 e. The van der Waals surface area contributed by atoms with Crippen LogP contribution in [0.25, 0.3) is 10.9 Å². The largest absolute Gasteiger partial charge is 0.369 e. The molecule has 6 nitrogen and oxygen atoms in total. The Balaban J connectivity index is 1.43. The number of fused-ring (bicyclic) bond motifs is 1. The highest BCUT2D eigenvalue weighted by Crippen LogP contribution is 2.20. The second kappa shape index (κ2) is 9.25. The van der Waals surface area contributed by atoms with Crippen LogP contribution in [-0.4, -0.2) is 27.4 Å². The van der Waals surface area contributed by atoms with Gasteiger partial charge in [0.05, 0.1) is 23.8 Å². The Morgan fingerprint density at radius 2 is 1.83 bits per heavy atom. The molecule has 0 spiro atoms. The van der Waals surface area contributed by atoms with Crippen LogP contribution in [0, 0.1) is 0 Å². The summed E-state index contributed by atoms with van der Waals surface area (Å²) >= 11 is 1.31. The second-order valence-electron chi connectivity index (χ2n) is 6.57. The third-order valence-electron chi connectivity index (χ3n) is 4.49. The van der Waals surface area contributed by atoms with E-state index in [-0.39, 0.29) is 12.5 Å². The summed E-state index contributed by atoms with van der Waals surface area (Å²) in [6.07, 6.45) is 3.56. The van der Waals surface area contributed by atoms with Crippen LogP contribution in [0.5, 0.6) is 0 Å². The number of aromatic nitrogens is 3. The summed E-state index contributed by atoms with van der Waals surface area (Å²) in [6, 6.07) is 18.3. The van der Waals surface area contributed by atoms with Gasteiger partial charge < -0.3 is 10.6 Å². The van der Waals surface area contributed by atoms with Crippen molar-refractivity contribution in [3.05, 3.63) is 82.6 Å². The van der Waals surface area contributed by atoms with Gasteiger partial charge in [0.1, 0.15) is 10.7 Å². The van der Waals surface area contributed by atoms with Crippen molar-refractivity contribution in [1.82, 2.24) is 20.3 Å². The van der Waals surface area contributed by atoms with Crippen molar-refractivity contribution in [2.24, 2.45) is 0 Å². The van der Waals surface area contributed by atoms with Crippen molar-refractivity contribution in [1.29, 1.82) is 0 Å². The van der Waals surface area contributed by atoms with Crippen LogP contribution in [0.2, 0.25) is 0 Å². The predicted octanol–water partition coefficient (Wildman–Crippen LogP) is 4.06. The van der Waals surface area contributed by atoms with Crippen LogP contribution in [0.1, 0.15) is 27.5 Å². The molecule has 1 amide bonds. The van der Waals surface area contributed by atoms with Crippen LogP contribution in [0.15, 0.2) is 66.3 Å². The van der Waals surface area contributed by atoms with Crippen LogP contribution >= 0.6 is 11.3 Å². The summed E-state index contributed by atoms with van der Waals surface area (Å²) in [4.78, 5) is 25.9. The highest BCUT2D eigenvalue weighted by molar-refractivity contribution is 7.11. The van der Waals surface area contributed by atoms with E-state index in [9.17, 15) is 4.79 Å². The summed E-state index contributed by atoms with van der Waals surface area (Å²) in [5, 5.41) is 7.28. The van der Waals surface area contributed by atoms with E-state index in [2.05, 4.69) is 49.9 Å². The van der Waals surface area contributed by atoms with E-state index in [0.717, 1.165) is 36.1 Å². The minimum atomic E-state index is -0.165. The SMILES string of the molecule is O=C(NCc1nc(NCCCc2ccccc2)c2ccccc2n1)c1cncs1. The number of rotatable bonds is 8. The number of thiazole rings is 1. The zero-order valence-corrected chi connectivity index (χ0v) is 16.7. The Bertz CT molecular complexity index is 1080. The van der Waals surface area contributed by atoms with E-state index >= 15 is 0 Å². The van der Waals surface area contributed by atoms with Crippen molar-refractivity contribution >= 4 is 34.0 Å². The van der Waals surface area contributed by atoms with E-state index in [1.807, 2.05) is 30.3 Å². The Hall–Kier alpha value is -3.32. The van der Waals surface area contributed by atoms with E-state index in [1.165, 1.54) is 16.9 Å². The second-order valence-corrected chi connectivity index (χ2v) is 7.46. The van der Waals surface area contributed by atoms with E-state index in [1.54, 1.807) is 11.7 Å².